The molecule has 0 radical (unpaired) electrons. The third kappa shape index (κ3) is 6.33. The average molecular weight is 370 g/mol. The van der Waals surface area contributed by atoms with Gasteiger partial charge in [0.05, 0.1) is 14.2 Å². The summed E-state index contributed by atoms with van der Waals surface area (Å²) in [5.41, 5.74) is 1.81. The fourth-order valence-corrected chi connectivity index (χ4v) is 2.72. The molecule has 0 fully saturated rings. The van der Waals surface area contributed by atoms with Crippen LogP contribution in [0.5, 0.6) is 11.5 Å². The van der Waals surface area contributed by atoms with Crippen molar-refractivity contribution in [1.29, 1.82) is 0 Å². The molecule has 0 aliphatic rings. The molecule has 2 aromatic rings. The Kier molecular flexibility index (Phi) is 7.67. The van der Waals surface area contributed by atoms with Crippen molar-refractivity contribution < 1.29 is 19.1 Å². The zero-order valence-corrected chi connectivity index (χ0v) is 16.0. The summed E-state index contributed by atoms with van der Waals surface area (Å²) in [6, 6.07) is 15.0. The molecule has 0 aromatic heterocycles. The molecule has 6 nitrogen and oxygen atoms in total. The fraction of sp³-hybridized carbons (Fsp3) is 0.333. The van der Waals surface area contributed by atoms with Crippen molar-refractivity contribution in [2.75, 3.05) is 32.2 Å². The number of hydrogen-bond donors (Lipinski definition) is 1. The molecular weight excluding hydrogens is 344 g/mol. The number of carbonyl (C=O) groups is 2. The lowest BCUT2D eigenvalue weighted by molar-refractivity contribution is -0.121. The van der Waals surface area contributed by atoms with E-state index in [1.165, 1.54) is 6.92 Å². The molecular formula is C21H26N2O4. The Hall–Kier alpha value is -3.02. The van der Waals surface area contributed by atoms with Gasteiger partial charge in [0.1, 0.15) is 11.5 Å². The zero-order valence-electron chi connectivity index (χ0n) is 16.0. The zero-order chi connectivity index (χ0) is 19.6. The Morgan fingerprint density at radius 1 is 1.00 bits per heavy atom. The van der Waals surface area contributed by atoms with E-state index in [9.17, 15) is 9.59 Å². The van der Waals surface area contributed by atoms with Crippen LogP contribution in [0.15, 0.2) is 48.5 Å². The smallest absolute Gasteiger partial charge is 0.223 e. The Morgan fingerprint density at radius 3 is 2.33 bits per heavy atom. The molecule has 27 heavy (non-hydrogen) atoms. The first-order valence-electron chi connectivity index (χ1n) is 8.85. The lowest BCUT2D eigenvalue weighted by atomic mass is 10.1. The normalized spacial score (nSPS) is 10.2. The average Bonchev–Trinajstić information content (AvgIpc) is 2.68. The van der Waals surface area contributed by atoms with Crippen LogP contribution < -0.4 is 19.7 Å². The van der Waals surface area contributed by atoms with Crippen LogP contribution in [0.4, 0.5) is 5.69 Å². The number of benzene rings is 2. The number of nitrogens with zero attached hydrogens (tertiary/aromatic N) is 1. The Morgan fingerprint density at radius 2 is 1.67 bits per heavy atom. The molecule has 144 valence electrons. The van der Waals surface area contributed by atoms with Gasteiger partial charge in [-0.25, -0.2) is 0 Å². The second-order valence-corrected chi connectivity index (χ2v) is 6.07. The van der Waals surface area contributed by atoms with Crippen LogP contribution in [0.3, 0.4) is 0 Å². The van der Waals surface area contributed by atoms with Gasteiger partial charge in [0.2, 0.25) is 11.8 Å². The van der Waals surface area contributed by atoms with E-state index in [0.29, 0.717) is 24.5 Å². The van der Waals surface area contributed by atoms with Crippen LogP contribution in [-0.4, -0.2) is 39.1 Å². The number of ether oxygens (including phenoxy) is 2. The van der Waals surface area contributed by atoms with E-state index in [1.54, 1.807) is 25.2 Å². The first-order chi connectivity index (χ1) is 13.0. The van der Waals surface area contributed by atoms with Crippen molar-refractivity contribution in [3.63, 3.8) is 0 Å². The van der Waals surface area contributed by atoms with E-state index < -0.39 is 0 Å². The largest absolute Gasteiger partial charge is 0.497 e. The highest BCUT2D eigenvalue weighted by molar-refractivity contribution is 5.92. The first kappa shape index (κ1) is 20.3. The van der Waals surface area contributed by atoms with Gasteiger partial charge in [-0.3, -0.25) is 9.59 Å². The molecule has 1 N–H and O–H groups in total. The van der Waals surface area contributed by atoms with Crippen molar-refractivity contribution in [3.8, 4) is 11.5 Å². The predicted octanol–water partition coefficient (Wildman–Crippen LogP) is 2.81. The van der Waals surface area contributed by atoms with E-state index in [1.807, 2.05) is 42.5 Å². The van der Waals surface area contributed by atoms with E-state index in [2.05, 4.69) is 5.32 Å². The van der Waals surface area contributed by atoms with Gasteiger partial charge < -0.3 is 19.7 Å². The topological polar surface area (TPSA) is 67.9 Å². The molecule has 0 unspecified atom stereocenters. The van der Waals surface area contributed by atoms with Gasteiger partial charge in [-0.15, -0.1) is 0 Å². The lowest BCUT2D eigenvalue weighted by Crippen LogP contribution is -2.34. The molecule has 0 atom stereocenters. The Bertz CT molecular complexity index is 776. The van der Waals surface area contributed by atoms with E-state index in [4.69, 9.17) is 9.47 Å². The highest BCUT2D eigenvalue weighted by atomic mass is 16.5. The number of carbonyl (C=O) groups excluding carboxylic acids is 2. The van der Waals surface area contributed by atoms with E-state index >= 15 is 0 Å². The quantitative estimate of drug-likeness (QED) is 0.737. The number of hydrogen-bond acceptors (Lipinski definition) is 4. The summed E-state index contributed by atoms with van der Waals surface area (Å²) in [5.74, 6) is 1.26. The summed E-state index contributed by atoms with van der Waals surface area (Å²) in [6.07, 6.45) is 0.949. The van der Waals surface area contributed by atoms with Crippen LogP contribution in [0, 0.1) is 0 Å². The summed E-state index contributed by atoms with van der Waals surface area (Å²) in [6.45, 7) is 2.33. The van der Waals surface area contributed by atoms with Gasteiger partial charge in [0.15, 0.2) is 0 Å². The maximum absolute atomic E-state index is 12.1. The number of methoxy groups -OCH3 is 2. The van der Waals surface area contributed by atoms with Gasteiger partial charge in [-0.1, -0.05) is 18.2 Å². The molecule has 2 rings (SSSR count). The first-order valence-corrected chi connectivity index (χ1v) is 8.85. The van der Waals surface area contributed by atoms with Gasteiger partial charge in [0.25, 0.3) is 0 Å². The minimum atomic E-state index is -0.118. The van der Waals surface area contributed by atoms with Crippen LogP contribution in [-0.2, 0) is 16.0 Å². The molecule has 2 aromatic carbocycles. The van der Waals surface area contributed by atoms with E-state index in [0.717, 1.165) is 17.7 Å². The summed E-state index contributed by atoms with van der Waals surface area (Å²) >= 11 is 0. The Balaban J connectivity index is 1.84. The minimum absolute atomic E-state index is 0.0907. The number of nitrogens with one attached hydrogen (secondary N) is 1. The molecule has 0 heterocycles. The molecule has 0 saturated heterocycles. The SMILES string of the molecule is COc1cccc(CCNC(=O)CCN(C(C)=O)c2cccc(OC)c2)c1. The van der Waals surface area contributed by atoms with Crippen molar-refractivity contribution in [2.45, 2.75) is 19.8 Å². The third-order valence-corrected chi connectivity index (χ3v) is 4.18. The van der Waals surface area contributed by atoms with Crippen LogP contribution in [0.1, 0.15) is 18.9 Å². The molecule has 0 spiro atoms. The molecule has 0 aliphatic heterocycles. The molecule has 0 aliphatic carbocycles. The predicted molar refractivity (Wildman–Crippen MR) is 105 cm³/mol. The fourth-order valence-electron chi connectivity index (χ4n) is 2.72. The van der Waals surface area contributed by atoms with Crippen molar-refractivity contribution >= 4 is 17.5 Å². The summed E-state index contributed by atoms with van der Waals surface area (Å²) < 4.78 is 10.4. The lowest BCUT2D eigenvalue weighted by Gasteiger charge is -2.21. The summed E-state index contributed by atoms with van der Waals surface area (Å²) in [7, 11) is 3.21. The van der Waals surface area contributed by atoms with Crippen LogP contribution in [0.25, 0.3) is 0 Å². The maximum Gasteiger partial charge on any atom is 0.223 e. The summed E-state index contributed by atoms with van der Waals surface area (Å²) in [4.78, 5) is 25.7. The molecule has 0 saturated carbocycles. The highest BCUT2D eigenvalue weighted by Crippen LogP contribution is 2.21. The standard InChI is InChI=1S/C21H26N2O4/c1-16(24)23(18-7-5-9-20(15-18)27-3)13-11-21(25)22-12-10-17-6-4-8-19(14-17)26-2/h4-9,14-15H,10-13H2,1-3H3,(H,22,25). The third-order valence-electron chi connectivity index (χ3n) is 4.18. The highest BCUT2D eigenvalue weighted by Gasteiger charge is 2.14. The van der Waals surface area contributed by atoms with Crippen LogP contribution in [0.2, 0.25) is 0 Å². The van der Waals surface area contributed by atoms with Crippen molar-refractivity contribution in [2.24, 2.45) is 0 Å². The molecule has 6 heteroatoms. The molecule has 2 amide bonds. The minimum Gasteiger partial charge on any atom is -0.497 e. The van der Waals surface area contributed by atoms with Crippen LogP contribution >= 0.6 is 0 Å². The number of anilines is 1. The molecule has 0 bridgehead atoms. The van der Waals surface area contributed by atoms with Gasteiger partial charge in [-0.05, 0) is 36.2 Å². The summed E-state index contributed by atoms with van der Waals surface area (Å²) in [5, 5.41) is 2.89. The van der Waals surface area contributed by atoms with Gasteiger partial charge >= 0.3 is 0 Å². The Labute approximate surface area is 160 Å². The maximum atomic E-state index is 12.1. The monoisotopic (exact) mass is 370 g/mol. The van der Waals surface area contributed by atoms with Gasteiger partial charge in [-0.2, -0.15) is 0 Å². The number of rotatable bonds is 9. The second-order valence-electron chi connectivity index (χ2n) is 6.07. The second kappa shape index (κ2) is 10.2. The van der Waals surface area contributed by atoms with Crippen molar-refractivity contribution in [1.82, 2.24) is 5.32 Å². The van der Waals surface area contributed by atoms with Gasteiger partial charge in [0, 0.05) is 38.2 Å². The van der Waals surface area contributed by atoms with E-state index in [-0.39, 0.29) is 18.2 Å². The number of amides is 2. The van der Waals surface area contributed by atoms with Crippen molar-refractivity contribution in [3.05, 3.63) is 54.1 Å².